The van der Waals surface area contributed by atoms with E-state index in [9.17, 15) is 4.79 Å². The molecule has 4 aliphatic rings. The van der Waals surface area contributed by atoms with E-state index < -0.39 is 0 Å². The van der Waals surface area contributed by atoms with Crippen molar-refractivity contribution in [3.05, 3.63) is 23.3 Å². The molecule has 1 aliphatic carbocycles. The monoisotopic (exact) mass is 245 g/mol. The highest BCUT2D eigenvalue weighted by atomic mass is 16.6. The minimum absolute atomic E-state index is 0.127. The van der Waals surface area contributed by atoms with Gasteiger partial charge in [0, 0.05) is 24.1 Å². The lowest BCUT2D eigenvalue weighted by Crippen LogP contribution is -2.48. The smallest absolute Gasteiger partial charge is 0.332 e. The van der Waals surface area contributed by atoms with Gasteiger partial charge in [-0.25, -0.2) is 4.79 Å². The van der Waals surface area contributed by atoms with Crippen molar-refractivity contribution in [2.45, 2.75) is 56.7 Å². The Balaban J connectivity index is 1.85. The summed E-state index contributed by atoms with van der Waals surface area (Å²) >= 11 is 0. The van der Waals surface area contributed by atoms with Crippen LogP contribution in [0.2, 0.25) is 0 Å². The van der Waals surface area contributed by atoms with E-state index >= 15 is 0 Å². The zero-order chi connectivity index (χ0) is 12.3. The molecule has 96 valence electrons. The molecule has 3 atom stereocenters. The molecule has 2 fully saturated rings. The molecule has 2 saturated heterocycles. The number of hydrogen-bond acceptors (Lipinski definition) is 3. The van der Waals surface area contributed by atoms with E-state index in [2.05, 4.69) is 17.9 Å². The number of esters is 1. The Bertz CT molecular complexity index is 479. The number of fused-ring (bicyclic) bond motifs is 3. The fourth-order valence-electron chi connectivity index (χ4n) is 4.47. The molecule has 0 N–H and O–H groups in total. The van der Waals surface area contributed by atoms with Gasteiger partial charge >= 0.3 is 5.97 Å². The van der Waals surface area contributed by atoms with Gasteiger partial charge in [-0.05, 0) is 31.4 Å². The predicted molar refractivity (Wildman–Crippen MR) is 68.0 cm³/mol. The molecule has 0 aromatic carbocycles. The normalized spacial score (nSPS) is 41.9. The highest BCUT2D eigenvalue weighted by Crippen LogP contribution is 2.53. The molecular weight excluding hydrogens is 226 g/mol. The van der Waals surface area contributed by atoms with Crippen LogP contribution < -0.4 is 0 Å². The lowest BCUT2D eigenvalue weighted by Gasteiger charge is -2.38. The van der Waals surface area contributed by atoms with Crippen LogP contribution >= 0.6 is 0 Å². The summed E-state index contributed by atoms with van der Waals surface area (Å²) < 4.78 is 5.83. The van der Waals surface area contributed by atoms with Gasteiger partial charge in [0.1, 0.15) is 0 Å². The van der Waals surface area contributed by atoms with Crippen LogP contribution in [0.1, 0.15) is 39.0 Å². The van der Waals surface area contributed by atoms with Crippen molar-refractivity contribution in [3.63, 3.8) is 0 Å². The highest BCUT2D eigenvalue weighted by molar-refractivity contribution is 5.89. The van der Waals surface area contributed by atoms with Crippen LogP contribution in [-0.2, 0) is 9.53 Å². The summed E-state index contributed by atoms with van der Waals surface area (Å²) in [5, 5.41) is 0. The lowest BCUT2D eigenvalue weighted by molar-refractivity contribution is -0.148. The van der Waals surface area contributed by atoms with E-state index in [1.165, 1.54) is 30.4 Å². The largest absolute Gasteiger partial charge is 0.449 e. The Hall–Kier alpha value is -1.09. The SMILES string of the molecule is CCC1=C[C@@H]2C[C@@]3(OC(=O)C=C13)[C@H]1CCCCN21. The van der Waals surface area contributed by atoms with Crippen LogP contribution in [0, 0.1) is 0 Å². The minimum atomic E-state index is -0.289. The maximum Gasteiger partial charge on any atom is 0.332 e. The molecule has 0 unspecified atom stereocenters. The second-order valence-corrected chi connectivity index (χ2v) is 5.93. The summed E-state index contributed by atoms with van der Waals surface area (Å²) in [5.74, 6) is -0.127. The first-order valence-corrected chi connectivity index (χ1v) is 7.16. The first-order chi connectivity index (χ1) is 8.74. The Morgan fingerprint density at radius 3 is 3.22 bits per heavy atom. The van der Waals surface area contributed by atoms with Gasteiger partial charge in [-0.3, -0.25) is 4.90 Å². The molecular formula is C15H19NO2. The van der Waals surface area contributed by atoms with E-state index in [4.69, 9.17) is 4.74 Å². The van der Waals surface area contributed by atoms with E-state index in [1.54, 1.807) is 6.08 Å². The molecule has 3 heterocycles. The van der Waals surface area contributed by atoms with E-state index in [1.807, 2.05) is 0 Å². The van der Waals surface area contributed by atoms with Gasteiger partial charge in [-0.1, -0.05) is 19.4 Å². The van der Waals surface area contributed by atoms with E-state index in [0.717, 1.165) is 19.4 Å². The minimum Gasteiger partial charge on any atom is -0.449 e. The quantitative estimate of drug-likeness (QED) is 0.663. The zero-order valence-electron chi connectivity index (χ0n) is 10.8. The third-order valence-corrected chi connectivity index (χ3v) is 5.14. The Morgan fingerprint density at radius 1 is 1.50 bits per heavy atom. The first kappa shape index (κ1) is 10.8. The fraction of sp³-hybridized carbons (Fsp3) is 0.667. The zero-order valence-corrected chi connectivity index (χ0v) is 10.8. The summed E-state index contributed by atoms with van der Waals surface area (Å²) in [6.07, 6.45) is 9.85. The van der Waals surface area contributed by atoms with Crippen LogP contribution in [0.15, 0.2) is 23.3 Å². The second-order valence-electron chi connectivity index (χ2n) is 5.93. The number of carbonyl (C=O) groups excluding carboxylic acids is 1. The molecule has 0 aromatic heterocycles. The average Bonchev–Trinajstić information content (AvgIpc) is 2.86. The summed E-state index contributed by atoms with van der Waals surface area (Å²) in [6, 6.07) is 0.919. The highest BCUT2D eigenvalue weighted by Gasteiger charge is 2.61. The van der Waals surface area contributed by atoms with Gasteiger partial charge in [0.05, 0.1) is 6.04 Å². The number of nitrogens with zero attached hydrogens (tertiary/aromatic N) is 1. The summed E-state index contributed by atoms with van der Waals surface area (Å²) in [4.78, 5) is 14.4. The van der Waals surface area contributed by atoms with Crippen molar-refractivity contribution in [2.24, 2.45) is 0 Å². The van der Waals surface area contributed by atoms with Crippen LogP contribution in [0.3, 0.4) is 0 Å². The van der Waals surface area contributed by atoms with Crippen molar-refractivity contribution in [1.29, 1.82) is 0 Å². The Labute approximate surface area is 107 Å². The van der Waals surface area contributed by atoms with Gasteiger partial charge < -0.3 is 4.74 Å². The molecule has 18 heavy (non-hydrogen) atoms. The van der Waals surface area contributed by atoms with Crippen LogP contribution in [0.5, 0.6) is 0 Å². The third-order valence-electron chi connectivity index (χ3n) is 5.14. The number of rotatable bonds is 1. The van der Waals surface area contributed by atoms with Crippen molar-refractivity contribution in [1.82, 2.24) is 4.90 Å². The molecule has 0 aromatic rings. The van der Waals surface area contributed by atoms with Crippen molar-refractivity contribution in [2.75, 3.05) is 6.54 Å². The molecule has 3 nitrogen and oxygen atoms in total. The van der Waals surface area contributed by atoms with Crippen molar-refractivity contribution >= 4 is 5.97 Å². The maximum atomic E-state index is 11.8. The average molecular weight is 245 g/mol. The van der Waals surface area contributed by atoms with E-state index in [-0.39, 0.29) is 11.6 Å². The molecule has 3 heteroatoms. The van der Waals surface area contributed by atoms with Gasteiger partial charge in [-0.2, -0.15) is 0 Å². The molecule has 4 rings (SSSR count). The van der Waals surface area contributed by atoms with Crippen LogP contribution in [0.4, 0.5) is 0 Å². The number of carbonyl (C=O) groups is 1. The molecule has 1 spiro atoms. The third kappa shape index (κ3) is 1.16. The summed E-state index contributed by atoms with van der Waals surface area (Å²) in [6.45, 7) is 3.34. The van der Waals surface area contributed by atoms with Crippen molar-refractivity contribution < 1.29 is 9.53 Å². The summed E-state index contributed by atoms with van der Waals surface area (Å²) in [5.41, 5.74) is 2.24. The molecule has 3 aliphatic heterocycles. The first-order valence-electron chi connectivity index (χ1n) is 7.16. The van der Waals surface area contributed by atoms with Crippen molar-refractivity contribution in [3.8, 4) is 0 Å². The number of ether oxygens (including phenoxy) is 1. The lowest BCUT2D eigenvalue weighted by atomic mass is 9.76. The fourth-order valence-corrected chi connectivity index (χ4v) is 4.47. The van der Waals surface area contributed by atoms with Crippen LogP contribution in [0.25, 0.3) is 0 Å². The maximum absolute atomic E-state index is 11.8. The Morgan fingerprint density at radius 2 is 2.39 bits per heavy atom. The van der Waals surface area contributed by atoms with Gasteiger partial charge in [-0.15, -0.1) is 0 Å². The topological polar surface area (TPSA) is 29.5 Å². The molecule has 0 radical (unpaired) electrons. The molecule has 2 bridgehead atoms. The molecule has 0 amide bonds. The predicted octanol–water partition coefficient (Wildman–Crippen LogP) is 2.19. The number of piperidine rings is 1. The summed E-state index contributed by atoms with van der Waals surface area (Å²) in [7, 11) is 0. The van der Waals surface area contributed by atoms with Gasteiger partial charge in [0.15, 0.2) is 5.60 Å². The second kappa shape index (κ2) is 3.47. The van der Waals surface area contributed by atoms with Gasteiger partial charge in [0.25, 0.3) is 0 Å². The molecule has 0 saturated carbocycles. The Kier molecular flexibility index (Phi) is 2.08. The number of hydrogen-bond donors (Lipinski definition) is 0. The van der Waals surface area contributed by atoms with Gasteiger partial charge in [0.2, 0.25) is 0 Å². The van der Waals surface area contributed by atoms with Crippen LogP contribution in [-0.4, -0.2) is 35.1 Å². The standard InChI is InChI=1S/C15H19NO2/c1-2-10-7-11-9-15(12(10)8-14(17)18-15)13-5-3-4-6-16(11)13/h7-8,11,13H,2-6,9H2,1H3/t11-,13-,15+/m1/s1. The van der Waals surface area contributed by atoms with E-state index in [0.29, 0.717) is 12.1 Å².